The maximum atomic E-state index is 13.1. The summed E-state index contributed by atoms with van der Waals surface area (Å²) in [6.45, 7) is 4.80. The van der Waals surface area contributed by atoms with Gasteiger partial charge >= 0.3 is 0 Å². The lowest BCUT2D eigenvalue weighted by atomic mass is 9.82. The normalized spacial score (nSPS) is 38.1. The van der Waals surface area contributed by atoms with Crippen LogP contribution in [0.3, 0.4) is 0 Å². The zero-order chi connectivity index (χ0) is 15.0. The molecular weight excluding hydrogens is 264 g/mol. The van der Waals surface area contributed by atoms with Crippen LogP contribution >= 0.6 is 0 Å². The summed E-state index contributed by atoms with van der Waals surface area (Å²) in [6.07, 6.45) is 8.54. The third-order valence-electron chi connectivity index (χ3n) is 5.85. The second kappa shape index (κ2) is 5.62. The summed E-state index contributed by atoms with van der Waals surface area (Å²) in [5.74, 6) is 1.32. The average Bonchev–Trinajstić information content (AvgIpc) is 3.31. The van der Waals surface area contributed by atoms with Gasteiger partial charge in [0.1, 0.15) is 5.54 Å². The largest absolute Gasteiger partial charge is 0.342 e. The van der Waals surface area contributed by atoms with E-state index < -0.39 is 5.54 Å². The molecule has 0 aromatic heterocycles. The summed E-state index contributed by atoms with van der Waals surface area (Å²) < 4.78 is 0. The van der Waals surface area contributed by atoms with E-state index in [4.69, 9.17) is 0 Å². The molecule has 0 aromatic carbocycles. The molecule has 0 bridgehead atoms. The molecule has 21 heavy (non-hydrogen) atoms. The van der Waals surface area contributed by atoms with E-state index in [1.807, 2.05) is 6.92 Å². The fourth-order valence-electron chi connectivity index (χ4n) is 4.23. The minimum Gasteiger partial charge on any atom is -0.342 e. The van der Waals surface area contributed by atoms with Crippen LogP contribution in [0.4, 0.5) is 0 Å². The van der Waals surface area contributed by atoms with Gasteiger partial charge in [0.05, 0.1) is 0 Å². The van der Waals surface area contributed by atoms with Crippen LogP contribution < -0.4 is 5.32 Å². The lowest BCUT2D eigenvalue weighted by molar-refractivity contribution is -0.142. The van der Waals surface area contributed by atoms with E-state index in [-0.39, 0.29) is 11.8 Å². The summed E-state index contributed by atoms with van der Waals surface area (Å²) in [4.78, 5) is 27.2. The van der Waals surface area contributed by atoms with Crippen LogP contribution in [0.15, 0.2) is 0 Å². The number of hydrogen-bond donors (Lipinski definition) is 1. The Labute approximate surface area is 127 Å². The molecule has 1 N–H and O–H groups in total. The topological polar surface area (TPSA) is 49.4 Å². The number of hydrogen-bond acceptors (Lipinski definition) is 2. The Morgan fingerprint density at radius 3 is 2.67 bits per heavy atom. The zero-order valence-electron chi connectivity index (χ0n) is 13.4. The maximum Gasteiger partial charge on any atom is 0.248 e. The molecule has 1 saturated heterocycles. The number of nitrogens with one attached hydrogen (secondary N) is 1. The molecule has 3 atom stereocenters. The van der Waals surface area contributed by atoms with Crippen molar-refractivity contribution in [2.45, 2.75) is 76.8 Å². The molecule has 3 rings (SSSR count). The lowest BCUT2D eigenvalue weighted by Crippen LogP contribution is -2.58. The Hall–Kier alpha value is -1.06. The van der Waals surface area contributed by atoms with Crippen LogP contribution in [0.2, 0.25) is 0 Å². The van der Waals surface area contributed by atoms with Crippen molar-refractivity contribution < 1.29 is 9.59 Å². The second-order valence-electron chi connectivity index (χ2n) is 7.37. The molecular formula is C17H28N2O2. The SMILES string of the molecule is CCC1CCCC(N2CCC(=O)NC(C)(C3CC3)C2=O)C1. The highest BCUT2D eigenvalue weighted by atomic mass is 16.2. The molecule has 1 heterocycles. The van der Waals surface area contributed by atoms with E-state index in [1.54, 1.807) is 0 Å². The summed E-state index contributed by atoms with van der Waals surface area (Å²) in [7, 11) is 0. The van der Waals surface area contributed by atoms with Gasteiger partial charge < -0.3 is 10.2 Å². The van der Waals surface area contributed by atoms with Gasteiger partial charge in [-0.2, -0.15) is 0 Å². The van der Waals surface area contributed by atoms with Crippen molar-refractivity contribution in [3.05, 3.63) is 0 Å². The van der Waals surface area contributed by atoms with E-state index >= 15 is 0 Å². The van der Waals surface area contributed by atoms with Gasteiger partial charge in [-0.25, -0.2) is 0 Å². The monoisotopic (exact) mass is 292 g/mol. The van der Waals surface area contributed by atoms with Crippen molar-refractivity contribution in [1.82, 2.24) is 10.2 Å². The van der Waals surface area contributed by atoms with Crippen LogP contribution in [-0.2, 0) is 9.59 Å². The van der Waals surface area contributed by atoms with Crippen LogP contribution in [0.25, 0.3) is 0 Å². The van der Waals surface area contributed by atoms with Gasteiger partial charge in [-0.05, 0) is 44.4 Å². The predicted molar refractivity (Wildman–Crippen MR) is 81.6 cm³/mol. The molecule has 3 aliphatic rings. The Morgan fingerprint density at radius 1 is 1.24 bits per heavy atom. The van der Waals surface area contributed by atoms with Gasteiger partial charge in [0.2, 0.25) is 11.8 Å². The van der Waals surface area contributed by atoms with Gasteiger partial charge in [0.25, 0.3) is 0 Å². The van der Waals surface area contributed by atoms with Crippen LogP contribution in [0.5, 0.6) is 0 Å². The van der Waals surface area contributed by atoms with Crippen molar-refractivity contribution >= 4 is 11.8 Å². The molecule has 3 fully saturated rings. The van der Waals surface area contributed by atoms with Crippen LogP contribution in [0, 0.1) is 11.8 Å². The number of rotatable bonds is 3. The lowest BCUT2D eigenvalue weighted by Gasteiger charge is -2.40. The van der Waals surface area contributed by atoms with Crippen LogP contribution in [0.1, 0.15) is 65.2 Å². The highest BCUT2D eigenvalue weighted by Gasteiger charge is 2.52. The third-order valence-corrected chi connectivity index (χ3v) is 5.85. The van der Waals surface area contributed by atoms with E-state index in [2.05, 4.69) is 17.1 Å². The molecule has 118 valence electrons. The molecule has 0 aromatic rings. The van der Waals surface area contributed by atoms with Crippen molar-refractivity contribution in [2.75, 3.05) is 6.54 Å². The summed E-state index contributed by atoms with van der Waals surface area (Å²) in [5.41, 5.74) is -0.646. The van der Waals surface area contributed by atoms with Crippen molar-refractivity contribution in [2.24, 2.45) is 11.8 Å². The van der Waals surface area contributed by atoms with Gasteiger partial charge in [-0.15, -0.1) is 0 Å². The van der Waals surface area contributed by atoms with Crippen molar-refractivity contribution in [3.8, 4) is 0 Å². The fraction of sp³-hybridized carbons (Fsp3) is 0.882. The predicted octanol–water partition coefficient (Wildman–Crippen LogP) is 2.47. The first-order valence-electron chi connectivity index (χ1n) is 8.66. The van der Waals surface area contributed by atoms with Crippen molar-refractivity contribution in [3.63, 3.8) is 0 Å². The number of carbonyl (C=O) groups excluding carboxylic acids is 2. The minimum absolute atomic E-state index is 0.0445. The van der Waals surface area contributed by atoms with Crippen molar-refractivity contribution in [1.29, 1.82) is 0 Å². The van der Waals surface area contributed by atoms with Gasteiger partial charge in [-0.3, -0.25) is 9.59 Å². The number of amides is 2. The Bertz CT molecular complexity index is 433. The Kier molecular flexibility index (Phi) is 3.98. The van der Waals surface area contributed by atoms with Gasteiger partial charge in [-0.1, -0.05) is 26.2 Å². The van der Waals surface area contributed by atoms with E-state index in [9.17, 15) is 9.59 Å². The fourth-order valence-corrected chi connectivity index (χ4v) is 4.23. The highest BCUT2D eigenvalue weighted by Crippen LogP contribution is 2.42. The summed E-state index contributed by atoms with van der Waals surface area (Å²) in [5, 5.41) is 3.03. The van der Waals surface area contributed by atoms with Crippen LogP contribution in [-0.4, -0.2) is 34.8 Å². The van der Waals surface area contributed by atoms with E-state index in [0.29, 0.717) is 24.9 Å². The molecule has 1 aliphatic heterocycles. The Balaban J connectivity index is 1.80. The summed E-state index contributed by atoms with van der Waals surface area (Å²) in [6, 6.07) is 0.349. The minimum atomic E-state index is -0.646. The molecule has 0 radical (unpaired) electrons. The first-order valence-corrected chi connectivity index (χ1v) is 8.66. The van der Waals surface area contributed by atoms with Gasteiger partial charge in [0.15, 0.2) is 0 Å². The number of nitrogens with zero attached hydrogens (tertiary/aromatic N) is 1. The van der Waals surface area contributed by atoms with Gasteiger partial charge in [0, 0.05) is 19.0 Å². The first-order chi connectivity index (χ1) is 10.0. The Morgan fingerprint density at radius 2 is 2.00 bits per heavy atom. The van der Waals surface area contributed by atoms with E-state index in [0.717, 1.165) is 31.6 Å². The molecule has 4 heteroatoms. The molecule has 0 spiro atoms. The average molecular weight is 292 g/mol. The molecule has 3 unspecified atom stereocenters. The number of carbonyl (C=O) groups is 2. The molecule has 2 saturated carbocycles. The smallest absolute Gasteiger partial charge is 0.248 e. The quantitative estimate of drug-likeness (QED) is 0.868. The second-order valence-corrected chi connectivity index (χ2v) is 7.37. The zero-order valence-corrected chi connectivity index (χ0v) is 13.4. The van der Waals surface area contributed by atoms with E-state index in [1.165, 1.54) is 19.3 Å². The molecule has 4 nitrogen and oxygen atoms in total. The molecule has 2 amide bonds. The maximum absolute atomic E-state index is 13.1. The standard InChI is InChI=1S/C17H28N2O2/c1-3-12-5-4-6-14(11-12)19-10-9-15(20)18-17(2,16(19)21)13-7-8-13/h12-14H,3-11H2,1-2H3,(H,18,20). The molecule has 2 aliphatic carbocycles. The highest BCUT2D eigenvalue weighted by molar-refractivity contribution is 5.94. The first kappa shape index (κ1) is 14.9. The third kappa shape index (κ3) is 2.82. The summed E-state index contributed by atoms with van der Waals surface area (Å²) >= 11 is 0.